The third-order valence-corrected chi connectivity index (χ3v) is 7.58. The van der Waals surface area contributed by atoms with Gasteiger partial charge in [0.25, 0.3) is 11.8 Å². The van der Waals surface area contributed by atoms with Gasteiger partial charge in [-0.2, -0.15) is 0 Å². The van der Waals surface area contributed by atoms with Gasteiger partial charge in [0.05, 0.1) is 42.6 Å². The van der Waals surface area contributed by atoms with Crippen LogP contribution in [0.4, 0.5) is 0 Å². The minimum Gasteiger partial charge on any atom is -0.374 e. The maximum absolute atomic E-state index is 13.3. The van der Waals surface area contributed by atoms with Crippen LogP contribution in [0.1, 0.15) is 68.3 Å². The molecule has 3 aromatic carbocycles. The Labute approximate surface area is 217 Å². The van der Waals surface area contributed by atoms with E-state index in [0.717, 1.165) is 36.0 Å². The summed E-state index contributed by atoms with van der Waals surface area (Å²) in [5.41, 5.74) is 5.35. The van der Waals surface area contributed by atoms with Gasteiger partial charge in [0.1, 0.15) is 0 Å². The SMILES string of the molecule is Cc1ccc(COCC2CCCC(O[C@@H]3Cc4ccccc4[C@@H]3N3C(=O)c4ccccc4C3=O)O2)cc1. The van der Waals surface area contributed by atoms with E-state index in [-0.39, 0.29) is 24.0 Å². The van der Waals surface area contributed by atoms with Crippen LogP contribution in [0.15, 0.2) is 72.8 Å². The molecule has 0 spiro atoms. The van der Waals surface area contributed by atoms with Crippen LogP contribution in [-0.4, -0.2) is 41.8 Å². The number of benzene rings is 3. The zero-order chi connectivity index (χ0) is 25.4. The molecule has 1 fully saturated rings. The second-order valence-electron chi connectivity index (χ2n) is 10.2. The summed E-state index contributed by atoms with van der Waals surface area (Å²) in [7, 11) is 0. The van der Waals surface area contributed by atoms with Gasteiger partial charge in [-0.05, 0) is 55.0 Å². The summed E-state index contributed by atoms with van der Waals surface area (Å²) in [5.74, 6) is -0.523. The molecule has 2 unspecified atom stereocenters. The monoisotopic (exact) mass is 497 g/mol. The van der Waals surface area contributed by atoms with Crippen LogP contribution in [0.5, 0.6) is 0 Å². The second kappa shape index (κ2) is 10.2. The quantitative estimate of drug-likeness (QED) is 0.410. The van der Waals surface area contributed by atoms with Gasteiger partial charge in [-0.15, -0.1) is 0 Å². The highest BCUT2D eigenvalue weighted by molar-refractivity contribution is 6.21. The highest BCUT2D eigenvalue weighted by Crippen LogP contribution is 2.42. The van der Waals surface area contributed by atoms with Gasteiger partial charge < -0.3 is 14.2 Å². The van der Waals surface area contributed by atoms with Crippen molar-refractivity contribution in [2.45, 2.75) is 63.8 Å². The lowest BCUT2D eigenvalue weighted by Gasteiger charge is -2.35. The molecule has 4 atom stereocenters. The summed E-state index contributed by atoms with van der Waals surface area (Å²) in [5, 5.41) is 0. The molecule has 0 N–H and O–H groups in total. The number of imide groups is 1. The number of ether oxygens (including phenoxy) is 3. The Morgan fingerprint density at radius 2 is 1.59 bits per heavy atom. The summed E-state index contributed by atoms with van der Waals surface area (Å²) < 4.78 is 18.8. The number of carbonyl (C=O) groups is 2. The van der Waals surface area contributed by atoms with Crippen LogP contribution in [0.2, 0.25) is 0 Å². The molecule has 0 radical (unpaired) electrons. The van der Waals surface area contributed by atoms with Crippen molar-refractivity contribution >= 4 is 11.8 Å². The van der Waals surface area contributed by atoms with Gasteiger partial charge in [-0.25, -0.2) is 0 Å². The van der Waals surface area contributed by atoms with Gasteiger partial charge in [-0.3, -0.25) is 14.5 Å². The van der Waals surface area contributed by atoms with E-state index in [4.69, 9.17) is 14.2 Å². The number of nitrogens with zero attached hydrogens (tertiary/aromatic N) is 1. The van der Waals surface area contributed by atoms with Gasteiger partial charge in [0.2, 0.25) is 0 Å². The van der Waals surface area contributed by atoms with Crippen molar-refractivity contribution in [1.29, 1.82) is 0 Å². The minimum absolute atomic E-state index is 0.0502. The fourth-order valence-electron chi connectivity index (χ4n) is 5.70. The predicted molar refractivity (Wildman–Crippen MR) is 138 cm³/mol. The molecule has 2 heterocycles. The summed E-state index contributed by atoms with van der Waals surface area (Å²) >= 11 is 0. The predicted octanol–water partition coefficient (Wildman–Crippen LogP) is 5.39. The summed E-state index contributed by atoms with van der Waals surface area (Å²) in [4.78, 5) is 28.1. The van der Waals surface area contributed by atoms with Crippen molar-refractivity contribution in [1.82, 2.24) is 4.90 Å². The molecule has 2 amide bonds. The second-order valence-corrected chi connectivity index (χ2v) is 10.2. The molecule has 6 heteroatoms. The molecule has 3 aliphatic rings. The summed E-state index contributed by atoms with van der Waals surface area (Å²) in [6, 6.07) is 22.9. The third kappa shape index (κ3) is 4.73. The van der Waals surface area contributed by atoms with Gasteiger partial charge >= 0.3 is 0 Å². The van der Waals surface area contributed by atoms with Crippen LogP contribution in [0, 0.1) is 6.92 Å². The number of carbonyl (C=O) groups excluding carboxylic acids is 2. The lowest BCUT2D eigenvalue weighted by Crippen LogP contribution is -2.42. The van der Waals surface area contributed by atoms with Crippen molar-refractivity contribution in [3.63, 3.8) is 0 Å². The third-order valence-electron chi connectivity index (χ3n) is 7.58. The molecule has 37 heavy (non-hydrogen) atoms. The van der Waals surface area contributed by atoms with E-state index >= 15 is 0 Å². The van der Waals surface area contributed by atoms with E-state index in [0.29, 0.717) is 30.8 Å². The Morgan fingerprint density at radius 1 is 0.892 bits per heavy atom. The first-order valence-electron chi connectivity index (χ1n) is 13.1. The van der Waals surface area contributed by atoms with Crippen molar-refractivity contribution in [3.8, 4) is 0 Å². The van der Waals surface area contributed by atoms with Gasteiger partial charge in [0.15, 0.2) is 6.29 Å². The molecule has 6 nitrogen and oxygen atoms in total. The van der Waals surface area contributed by atoms with E-state index in [2.05, 4.69) is 31.2 Å². The van der Waals surface area contributed by atoms with Crippen LogP contribution < -0.4 is 0 Å². The topological polar surface area (TPSA) is 65.1 Å². The maximum Gasteiger partial charge on any atom is 0.262 e. The molecule has 2 aliphatic heterocycles. The van der Waals surface area contributed by atoms with E-state index in [1.807, 2.05) is 24.3 Å². The lowest BCUT2D eigenvalue weighted by atomic mass is 10.1. The molecule has 1 saturated heterocycles. The molecule has 0 aromatic heterocycles. The van der Waals surface area contributed by atoms with E-state index in [1.165, 1.54) is 10.5 Å². The van der Waals surface area contributed by atoms with Crippen LogP contribution in [-0.2, 0) is 27.2 Å². The first kappa shape index (κ1) is 24.0. The molecule has 190 valence electrons. The highest BCUT2D eigenvalue weighted by atomic mass is 16.7. The number of amides is 2. The molecule has 1 aliphatic carbocycles. The smallest absolute Gasteiger partial charge is 0.262 e. The Bertz CT molecular complexity index is 1270. The number of rotatable bonds is 7. The largest absolute Gasteiger partial charge is 0.374 e. The molecule has 3 aromatic rings. The Hall–Kier alpha value is -3.32. The Balaban J connectivity index is 1.14. The van der Waals surface area contributed by atoms with Gasteiger partial charge in [0, 0.05) is 6.42 Å². The van der Waals surface area contributed by atoms with E-state index in [1.54, 1.807) is 24.3 Å². The average molecular weight is 498 g/mol. The minimum atomic E-state index is -0.481. The number of fused-ring (bicyclic) bond motifs is 2. The van der Waals surface area contributed by atoms with E-state index < -0.39 is 12.3 Å². The van der Waals surface area contributed by atoms with Gasteiger partial charge in [-0.1, -0.05) is 66.2 Å². The Morgan fingerprint density at radius 3 is 2.35 bits per heavy atom. The number of hydrogen-bond donors (Lipinski definition) is 0. The maximum atomic E-state index is 13.3. The van der Waals surface area contributed by atoms with Crippen molar-refractivity contribution < 1.29 is 23.8 Å². The molecule has 0 bridgehead atoms. The number of aryl methyl sites for hydroxylation is 1. The summed E-state index contributed by atoms with van der Waals surface area (Å²) in [6.45, 7) is 3.12. The fraction of sp³-hybridized carbons (Fsp3) is 0.355. The zero-order valence-electron chi connectivity index (χ0n) is 21.0. The number of hydrogen-bond acceptors (Lipinski definition) is 5. The van der Waals surface area contributed by atoms with Crippen LogP contribution in [0.25, 0.3) is 0 Å². The van der Waals surface area contributed by atoms with Crippen LogP contribution >= 0.6 is 0 Å². The fourth-order valence-corrected chi connectivity index (χ4v) is 5.70. The van der Waals surface area contributed by atoms with Crippen molar-refractivity contribution in [2.75, 3.05) is 6.61 Å². The highest BCUT2D eigenvalue weighted by Gasteiger charge is 2.48. The molecule has 0 saturated carbocycles. The average Bonchev–Trinajstić information content (AvgIpc) is 3.39. The molecular formula is C31H31NO5. The van der Waals surface area contributed by atoms with Crippen LogP contribution in [0.3, 0.4) is 0 Å². The lowest BCUT2D eigenvalue weighted by molar-refractivity contribution is -0.229. The van der Waals surface area contributed by atoms with E-state index in [9.17, 15) is 9.59 Å². The normalized spacial score (nSPS) is 24.8. The molecule has 6 rings (SSSR count). The summed E-state index contributed by atoms with van der Waals surface area (Å²) in [6.07, 6.45) is 2.47. The first-order valence-corrected chi connectivity index (χ1v) is 13.1. The molecular weight excluding hydrogens is 466 g/mol. The zero-order valence-corrected chi connectivity index (χ0v) is 21.0. The Kier molecular flexibility index (Phi) is 6.63. The first-order chi connectivity index (χ1) is 18.1. The van der Waals surface area contributed by atoms with Crippen molar-refractivity contribution in [2.24, 2.45) is 0 Å². The van der Waals surface area contributed by atoms with Crippen molar-refractivity contribution in [3.05, 3.63) is 106 Å². The standard InChI is InChI=1S/C31H31NO5/c1-20-13-15-21(16-14-20)18-35-19-23-8-6-12-28(36-23)37-27-17-22-7-2-3-9-24(22)29(27)32-30(33)25-10-4-5-11-26(25)31(32)34/h2-5,7,9-11,13-16,23,27-29H,6,8,12,17-19H2,1H3/t23?,27-,28?,29+/m1/s1.